The Bertz CT molecular complexity index is 513. The van der Waals surface area contributed by atoms with Crippen molar-refractivity contribution < 1.29 is 4.74 Å². The summed E-state index contributed by atoms with van der Waals surface area (Å²) in [6.07, 6.45) is 2.23. The first kappa shape index (κ1) is 13.4. The third kappa shape index (κ3) is 3.72. The number of fused-ring (bicyclic) bond motifs is 1. The molecule has 2 nitrogen and oxygen atoms in total. The van der Waals surface area contributed by atoms with Gasteiger partial charge in [-0.1, -0.05) is 28.1 Å². The first-order chi connectivity index (χ1) is 8.79. The molecule has 0 aliphatic heterocycles. The molecule has 0 atom stereocenters. The number of halogens is 1. The van der Waals surface area contributed by atoms with E-state index in [1.54, 1.807) is 0 Å². The predicted molar refractivity (Wildman–Crippen MR) is 80.3 cm³/mol. The maximum Gasteiger partial charge on any atom is 0.119 e. The second kappa shape index (κ2) is 6.76. The van der Waals surface area contributed by atoms with Crippen LogP contribution in [0.4, 0.5) is 0 Å². The van der Waals surface area contributed by atoms with Gasteiger partial charge in [0.2, 0.25) is 0 Å². The van der Waals surface area contributed by atoms with E-state index in [-0.39, 0.29) is 0 Å². The summed E-state index contributed by atoms with van der Waals surface area (Å²) in [6, 6.07) is 12.5. The lowest BCUT2D eigenvalue weighted by atomic mass is 10.1. The van der Waals surface area contributed by atoms with Crippen LogP contribution >= 0.6 is 15.9 Å². The molecule has 1 N–H and O–H groups in total. The zero-order valence-corrected chi connectivity index (χ0v) is 12.2. The minimum Gasteiger partial charge on any atom is -0.494 e. The highest BCUT2D eigenvalue weighted by Gasteiger charge is 1.98. The summed E-state index contributed by atoms with van der Waals surface area (Å²) in [5, 5.41) is 5.58. The third-order valence-corrected chi connectivity index (χ3v) is 3.36. The van der Waals surface area contributed by atoms with E-state index >= 15 is 0 Å². The van der Waals surface area contributed by atoms with Crippen LogP contribution in [-0.2, 0) is 0 Å². The molecular weight excluding hydrogens is 290 g/mol. The molecule has 0 unspecified atom stereocenters. The summed E-state index contributed by atoms with van der Waals surface area (Å²) in [5.74, 6) is 0.953. The molecule has 3 heteroatoms. The van der Waals surface area contributed by atoms with E-state index in [0.29, 0.717) is 0 Å². The lowest BCUT2D eigenvalue weighted by molar-refractivity contribution is 0.307. The van der Waals surface area contributed by atoms with Gasteiger partial charge in [0, 0.05) is 4.47 Å². The third-order valence-electron chi connectivity index (χ3n) is 2.86. The quantitative estimate of drug-likeness (QED) is 0.815. The van der Waals surface area contributed by atoms with Crippen LogP contribution in [0, 0.1) is 0 Å². The summed E-state index contributed by atoms with van der Waals surface area (Å²) < 4.78 is 6.86. The predicted octanol–water partition coefficient (Wildman–Crippen LogP) is 3.98. The van der Waals surface area contributed by atoms with Crippen LogP contribution in [0.25, 0.3) is 10.8 Å². The number of ether oxygens (including phenoxy) is 1. The highest BCUT2D eigenvalue weighted by Crippen LogP contribution is 2.24. The van der Waals surface area contributed by atoms with Crippen molar-refractivity contribution >= 4 is 26.7 Å². The smallest absolute Gasteiger partial charge is 0.119 e. The maximum absolute atomic E-state index is 5.75. The number of rotatable bonds is 6. The van der Waals surface area contributed by atoms with Crippen molar-refractivity contribution in [3.8, 4) is 5.75 Å². The molecule has 0 amide bonds. The van der Waals surface area contributed by atoms with Crippen molar-refractivity contribution in [2.24, 2.45) is 0 Å². The van der Waals surface area contributed by atoms with Gasteiger partial charge >= 0.3 is 0 Å². The minimum atomic E-state index is 0.781. The number of unbranched alkanes of at least 4 members (excludes halogenated alkanes) is 1. The number of hydrogen-bond donors (Lipinski definition) is 1. The van der Waals surface area contributed by atoms with Crippen molar-refractivity contribution in [2.45, 2.75) is 12.8 Å². The van der Waals surface area contributed by atoms with Gasteiger partial charge in [-0.3, -0.25) is 0 Å². The van der Waals surface area contributed by atoms with Gasteiger partial charge in [0.25, 0.3) is 0 Å². The Morgan fingerprint density at radius 3 is 2.67 bits per heavy atom. The highest BCUT2D eigenvalue weighted by atomic mass is 79.9. The monoisotopic (exact) mass is 307 g/mol. The van der Waals surface area contributed by atoms with E-state index in [0.717, 1.165) is 36.2 Å². The Morgan fingerprint density at radius 1 is 1.06 bits per heavy atom. The molecular formula is C15H18BrNO. The Hall–Kier alpha value is -1.06. The van der Waals surface area contributed by atoms with Crippen LogP contribution in [0.1, 0.15) is 12.8 Å². The highest BCUT2D eigenvalue weighted by molar-refractivity contribution is 9.10. The normalized spacial score (nSPS) is 10.8. The van der Waals surface area contributed by atoms with Crippen molar-refractivity contribution in [3.05, 3.63) is 40.9 Å². The standard InChI is InChI=1S/C15H18BrNO/c1-17-8-2-3-9-18-15-7-5-12-10-14(16)6-4-13(12)11-15/h4-7,10-11,17H,2-3,8-9H2,1H3. The zero-order chi connectivity index (χ0) is 12.8. The molecule has 2 rings (SSSR count). The van der Waals surface area contributed by atoms with Crippen molar-refractivity contribution in [1.82, 2.24) is 5.32 Å². The van der Waals surface area contributed by atoms with Crippen LogP contribution in [0.2, 0.25) is 0 Å². The van der Waals surface area contributed by atoms with Crippen LogP contribution < -0.4 is 10.1 Å². The molecule has 0 spiro atoms. The molecule has 0 heterocycles. The van der Waals surface area contributed by atoms with Gasteiger partial charge in [-0.15, -0.1) is 0 Å². The number of benzene rings is 2. The Labute approximate surface area is 116 Å². The van der Waals surface area contributed by atoms with E-state index in [4.69, 9.17) is 4.74 Å². The van der Waals surface area contributed by atoms with Crippen molar-refractivity contribution in [3.63, 3.8) is 0 Å². The fraction of sp³-hybridized carbons (Fsp3) is 0.333. The summed E-state index contributed by atoms with van der Waals surface area (Å²) in [6.45, 7) is 1.83. The largest absolute Gasteiger partial charge is 0.494 e. The molecule has 2 aromatic rings. The van der Waals surface area contributed by atoms with Gasteiger partial charge in [0.05, 0.1) is 6.61 Å². The second-order valence-corrected chi connectivity index (χ2v) is 5.23. The van der Waals surface area contributed by atoms with Crippen molar-refractivity contribution in [2.75, 3.05) is 20.2 Å². The Morgan fingerprint density at radius 2 is 1.83 bits per heavy atom. The van der Waals surface area contributed by atoms with Crippen LogP contribution in [0.15, 0.2) is 40.9 Å². The van der Waals surface area contributed by atoms with E-state index < -0.39 is 0 Å². The van der Waals surface area contributed by atoms with Gasteiger partial charge in [-0.05, 0) is 61.5 Å². The van der Waals surface area contributed by atoms with Gasteiger partial charge < -0.3 is 10.1 Å². The van der Waals surface area contributed by atoms with Gasteiger partial charge in [0.15, 0.2) is 0 Å². The molecule has 18 heavy (non-hydrogen) atoms. The second-order valence-electron chi connectivity index (χ2n) is 4.31. The first-order valence-corrected chi connectivity index (χ1v) is 7.05. The average Bonchev–Trinajstić information content (AvgIpc) is 2.38. The van der Waals surface area contributed by atoms with E-state index in [1.165, 1.54) is 10.8 Å². The molecule has 0 aliphatic carbocycles. The molecule has 96 valence electrons. The first-order valence-electron chi connectivity index (χ1n) is 6.26. The molecule has 0 aliphatic rings. The van der Waals surface area contributed by atoms with Gasteiger partial charge in [-0.2, -0.15) is 0 Å². The molecule has 0 aromatic heterocycles. The maximum atomic E-state index is 5.75. The van der Waals surface area contributed by atoms with E-state index in [9.17, 15) is 0 Å². The van der Waals surface area contributed by atoms with Gasteiger partial charge in [-0.25, -0.2) is 0 Å². The minimum absolute atomic E-state index is 0.781. The van der Waals surface area contributed by atoms with Crippen LogP contribution in [0.5, 0.6) is 5.75 Å². The van der Waals surface area contributed by atoms with E-state index in [2.05, 4.69) is 51.6 Å². The Balaban J connectivity index is 1.95. The summed E-state index contributed by atoms with van der Waals surface area (Å²) in [4.78, 5) is 0. The summed E-state index contributed by atoms with van der Waals surface area (Å²) in [7, 11) is 1.97. The Kier molecular flexibility index (Phi) is 5.02. The lowest BCUT2D eigenvalue weighted by Gasteiger charge is -2.07. The fourth-order valence-corrected chi connectivity index (χ4v) is 2.26. The molecule has 0 radical (unpaired) electrons. The van der Waals surface area contributed by atoms with Crippen LogP contribution in [-0.4, -0.2) is 20.2 Å². The lowest BCUT2D eigenvalue weighted by Crippen LogP contribution is -2.09. The number of hydrogen-bond acceptors (Lipinski definition) is 2. The zero-order valence-electron chi connectivity index (χ0n) is 10.6. The van der Waals surface area contributed by atoms with Crippen LogP contribution in [0.3, 0.4) is 0 Å². The number of nitrogens with one attached hydrogen (secondary N) is 1. The summed E-state index contributed by atoms with van der Waals surface area (Å²) in [5.41, 5.74) is 0. The average molecular weight is 308 g/mol. The molecule has 0 saturated heterocycles. The van der Waals surface area contributed by atoms with Gasteiger partial charge in [0.1, 0.15) is 5.75 Å². The van der Waals surface area contributed by atoms with Crippen molar-refractivity contribution in [1.29, 1.82) is 0 Å². The molecule has 0 fully saturated rings. The SMILES string of the molecule is CNCCCCOc1ccc2cc(Br)ccc2c1. The molecule has 0 bridgehead atoms. The molecule has 0 saturated carbocycles. The van der Waals surface area contributed by atoms with E-state index in [1.807, 2.05) is 13.1 Å². The fourth-order valence-electron chi connectivity index (χ4n) is 1.88. The summed E-state index contributed by atoms with van der Waals surface area (Å²) >= 11 is 3.48. The topological polar surface area (TPSA) is 21.3 Å². The molecule has 2 aromatic carbocycles.